The minimum Gasteiger partial charge on any atom is -0.356 e. The topological polar surface area (TPSA) is 56.4 Å². The standard InChI is InChI=1S/C28H24ClN3O2/c1-3-17-12-14-18(15-13-17)20-16-31-27(34)32(23-11-7-5-9-21(23)29)26(33)28(31,2)25-24(20)19-8-4-6-10-22(19)30-25/h4-15,20,30H,3,16H2,1-2H3/t20-,28-/m0/s1. The Morgan fingerprint density at radius 3 is 2.44 bits per heavy atom. The molecular formula is C28H24ClN3O2. The van der Waals surface area contributed by atoms with E-state index in [1.54, 1.807) is 29.2 Å². The van der Waals surface area contributed by atoms with E-state index in [4.69, 9.17) is 11.6 Å². The maximum atomic E-state index is 14.0. The molecule has 1 aromatic heterocycles. The second kappa shape index (κ2) is 7.47. The first-order valence-corrected chi connectivity index (χ1v) is 11.9. The molecule has 2 aliphatic rings. The Balaban J connectivity index is 1.58. The Labute approximate surface area is 202 Å². The molecule has 6 rings (SSSR count). The van der Waals surface area contributed by atoms with Crippen molar-refractivity contribution < 1.29 is 9.59 Å². The Morgan fingerprint density at radius 1 is 1.00 bits per heavy atom. The molecule has 34 heavy (non-hydrogen) atoms. The van der Waals surface area contributed by atoms with Gasteiger partial charge in [-0.2, -0.15) is 0 Å². The molecule has 0 radical (unpaired) electrons. The number of para-hydroxylation sites is 2. The first kappa shape index (κ1) is 21.0. The van der Waals surface area contributed by atoms with E-state index >= 15 is 0 Å². The fourth-order valence-electron chi connectivity index (χ4n) is 5.52. The van der Waals surface area contributed by atoms with Gasteiger partial charge in [-0.15, -0.1) is 0 Å². The molecule has 1 N–H and O–H groups in total. The number of aryl methyl sites for hydroxylation is 1. The number of nitrogens with one attached hydrogen (secondary N) is 1. The molecule has 3 heterocycles. The smallest absolute Gasteiger partial charge is 0.332 e. The number of hydrogen-bond acceptors (Lipinski definition) is 2. The molecule has 3 amide bonds. The number of urea groups is 1. The van der Waals surface area contributed by atoms with Crippen LogP contribution in [0.2, 0.25) is 5.02 Å². The normalized spacial score (nSPS) is 21.8. The zero-order chi connectivity index (χ0) is 23.6. The number of anilines is 1. The summed E-state index contributed by atoms with van der Waals surface area (Å²) < 4.78 is 0. The van der Waals surface area contributed by atoms with Gasteiger partial charge in [0.2, 0.25) is 0 Å². The van der Waals surface area contributed by atoms with Gasteiger partial charge in [0.1, 0.15) is 0 Å². The summed E-state index contributed by atoms with van der Waals surface area (Å²) in [4.78, 5) is 34.2. The highest BCUT2D eigenvalue weighted by molar-refractivity contribution is 6.36. The molecule has 4 aromatic rings. The Morgan fingerprint density at radius 2 is 1.71 bits per heavy atom. The summed E-state index contributed by atoms with van der Waals surface area (Å²) in [5.74, 6) is -0.355. The fourth-order valence-corrected chi connectivity index (χ4v) is 5.74. The molecule has 2 atom stereocenters. The van der Waals surface area contributed by atoms with Crippen molar-refractivity contribution in [2.45, 2.75) is 31.7 Å². The number of imide groups is 1. The molecule has 3 aromatic carbocycles. The summed E-state index contributed by atoms with van der Waals surface area (Å²) in [5.41, 5.74) is 4.48. The molecule has 0 bridgehead atoms. The third-order valence-electron chi connectivity index (χ3n) is 7.41. The third kappa shape index (κ3) is 2.74. The number of rotatable bonds is 3. The van der Waals surface area contributed by atoms with Gasteiger partial charge in [0.05, 0.1) is 16.4 Å². The minimum absolute atomic E-state index is 0.0620. The average Bonchev–Trinajstić information content (AvgIpc) is 3.34. The zero-order valence-corrected chi connectivity index (χ0v) is 19.8. The Hall–Kier alpha value is -3.57. The van der Waals surface area contributed by atoms with Gasteiger partial charge in [-0.1, -0.05) is 73.1 Å². The molecule has 1 saturated heterocycles. The van der Waals surface area contributed by atoms with E-state index in [0.29, 0.717) is 17.3 Å². The average molecular weight is 470 g/mol. The quantitative estimate of drug-likeness (QED) is 0.362. The lowest BCUT2D eigenvalue weighted by molar-refractivity contribution is -0.125. The van der Waals surface area contributed by atoms with E-state index in [2.05, 4.69) is 42.2 Å². The van der Waals surface area contributed by atoms with Crippen molar-refractivity contribution >= 4 is 40.1 Å². The first-order chi connectivity index (χ1) is 16.4. The predicted molar refractivity (Wildman–Crippen MR) is 134 cm³/mol. The molecule has 0 saturated carbocycles. The number of halogens is 1. The first-order valence-electron chi connectivity index (χ1n) is 11.6. The predicted octanol–water partition coefficient (Wildman–Crippen LogP) is 6.21. The van der Waals surface area contributed by atoms with Gasteiger partial charge in [-0.25, -0.2) is 9.69 Å². The largest absolute Gasteiger partial charge is 0.356 e. The van der Waals surface area contributed by atoms with E-state index in [-0.39, 0.29) is 17.9 Å². The maximum absolute atomic E-state index is 14.0. The SMILES string of the molecule is CCc1ccc([C@@H]2CN3C(=O)N(c4ccccc4Cl)C(=O)[C@]3(C)c3[nH]c4ccccc4c32)cc1. The summed E-state index contributed by atoms with van der Waals surface area (Å²) in [7, 11) is 0. The number of carbonyl (C=O) groups is 2. The fraction of sp³-hybridized carbons (Fsp3) is 0.214. The summed E-state index contributed by atoms with van der Waals surface area (Å²) in [6.45, 7) is 4.38. The van der Waals surface area contributed by atoms with Crippen LogP contribution in [0.25, 0.3) is 10.9 Å². The molecule has 6 heteroatoms. The van der Waals surface area contributed by atoms with Crippen LogP contribution in [-0.4, -0.2) is 28.4 Å². The van der Waals surface area contributed by atoms with Gasteiger partial charge in [0, 0.05) is 23.4 Å². The highest BCUT2D eigenvalue weighted by Crippen LogP contribution is 2.50. The van der Waals surface area contributed by atoms with E-state index < -0.39 is 5.54 Å². The van der Waals surface area contributed by atoms with Gasteiger partial charge >= 0.3 is 6.03 Å². The number of benzene rings is 3. The Bertz CT molecular complexity index is 1460. The highest BCUT2D eigenvalue weighted by atomic mass is 35.5. The lowest BCUT2D eigenvalue weighted by atomic mass is 9.78. The van der Waals surface area contributed by atoms with Crippen LogP contribution in [0.5, 0.6) is 0 Å². The molecule has 0 spiro atoms. The number of aromatic nitrogens is 1. The van der Waals surface area contributed by atoms with Crippen LogP contribution >= 0.6 is 11.6 Å². The number of H-pyrrole nitrogens is 1. The lowest BCUT2D eigenvalue weighted by Gasteiger charge is -2.40. The van der Waals surface area contributed by atoms with Crippen LogP contribution in [-0.2, 0) is 16.8 Å². The lowest BCUT2D eigenvalue weighted by Crippen LogP contribution is -2.50. The Kier molecular flexibility index (Phi) is 4.61. The number of hydrogen-bond donors (Lipinski definition) is 1. The summed E-state index contributed by atoms with van der Waals surface area (Å²) in [6.07, 6.45) is 0.966. The van der Waals surface area contributed by atoms with Crippen molar-refractivity contribution in [3.63, 3.8) is 0 Å². The molecular weight excluding hydrogens is 446 g/mol. The molecule has 1 fully saturated rings. The number of nitrogens with zero attached hydrogens (tertiary/aromatic N) is 2. The number of aromatic amines is 1. The monoisotopic (exact) mass is 469 g/mol. The van der Waals surface area contributed by atoms with Crippen LogP contribution in [0.3, 0.4) is 0 Å². The third-order valence-corrected chi connectivity index (χ3v) is 7.73. The second-order valence-electron chi connectivity index (χ2n) is 9.16. The molecule has 0 unspecified atom stereocenters. The summed E-state index contributed by atoms with van der Waals surface area (Å²) >= 11 is 6.42. The van der Waals surface area contributed by atoms with Gasteiger partial charge < -0.3 is 9.88 Å². The highest BCUT2D eigenvalue weighted by Gasteiger charge is 2.60. The molecule has 5 nitrogen and oxygen atoms in total. The molecule has 0 aliphatic carbocycles. The van der Waals surface area contributed by atoms with Crippen LogP contribution in [0, 0.1) is 0 Å². The van der Waals surface area contributed by atoms with Gasteiger partial charge in [0.25, 0.3) is 5.91 Å². The zero-order valence-electron chi connectivity index (χ0n) is 19.0. The van der Waals surface area contributed by atoms with Gasteiger partial charge in [-0.3, -0.25) is 4.79 Å². The van der Waals surface area contributed by atoms with Crippen LogP contribution in [0.15, 0.2) is 72.8 Å². The molecule has 170 valence electrons. The summed E-state index contributed by atoms with van der Waals surface area (Å²) in [6, 6.07) is 23.3. The number of fused-ring (bicyclic) bond motifs is 5. The van der Waals surface area contributed by atoms with Gasteiger partial charge in [-0.05, 0) is 48.2 Å². The van der Waals surface area contributed by atoms with E-state index in [9.17, 15) is 9.59 Å². The van der Waals surface area contributed by atoms with Crippen LogP contribution in [0.4, 0.5) is 10.5 Å². The van der Waals surface area contributed by atoms with Crippen molar-refractivity contribution in [1.29, 1.82) is 0 Å². The van der Waals surface area contributed by atoms with E-state index in [0.717, 1.165) is 34.1 Å². The van der Waals surface area contributed by atoms with Gasteiger partial charge in [0.15, 0.2) is 5.54 Å². The van der Waals surface area contributed by atoms with Crippen molar-refractivity contribution in [3.05, 3.63) is 100 Å². The van der Waals surface area contributed by atoms with Crippen molar-refractivity contribution in [2.75, 3.05) is 11.4 Å². The van der Waals surface area contributed by atoms with Crippen molar-refractivity contribution in [1.82, 2.24) is 9.88 Å². The number of amides is 3. The van der Waals surface area contributed by atoms with Crippen LogP contribution < -0.4 is 4.90 Å². The van der Waals surface area contributed by atoms with E-state index in [1.807, 2.05) is 25.1 Å². The minimum atomic E-state index is -1.15. The second-order valence-corrected chi connectivity index (χ2v) is 9.57. The van der Waals surface area contributed by atoms with E-state index in [1.165, 1.54) is 10.5 Å². The maximum Gasteiger partial charge on any atom is 0.332 e. The number of carbonyl (C=O) groups excluding carboxylic acids is 2. The van der Waals surface area contributed by atoms with Crippen molar-refractivity contribution in [3.8, 4) is 0 Å². The summed E-state index contributed by atoms with van der Waals surface area (Å²) in [5, 5.41) is 1.45. The van der Waals surface area contributed by atoms with Crippen molar-refractivity contribution in [2.24, 2.45) is 0 Å². The molecule has 2 aliphatic heterocycles. The van der Waals surface area contributed by atoms with Crippen LogP contribution in [0.1, 0.15) is 42.1 Å².